The number of nitrogens with zero attached hydrogens (tertiary/aromatic N) is 2. The van der Waals surface area contributed by atoms with Gasteiger partial charge < -0.3 is 9.15 Å². The summed E-state index contributed by atoms with van der Waals surface area (Å²) in [6, 6.07) is 14.5. The minimum atomic E-state index is -0.849. The monoisotopic (exact) mass is 433 g/mol. The fraction of sp³-hybridized carbons (Fsp3) is 0.0455. The summed E-state index contributed by atoms with van der Waals surface area (Å²) in [5.41, 5.74) is 0.326. The number of ether oxygens (including phenoxy) is 1. The van der Waals surface area contributed by atoms with Gasteiger partial charge in [0, 0.05) is 6.07 Å². The molecule has 10 heteroatoms. The molecule has 0 unspecified atom stereocenters. The molecule has 1 saturated heterocycles. The molecule has 32 heavy (non-hydrogen) atoms. The molecule has 10 nitrogen and oxygen atoms in total. The zero-order valence-electron chi connectivity index (χ0n) is 16.6. The number of barbiturate groups is 1. The van der Waals surface area contributed by atoms with Crippen LogP contribution in [-0.2, 0) is 9.59 Å². The van der Waals surface area contributed by atoms with Crippen LogP contribution in [0.3, 0.4) is 0 Å². The second-order valence-electron chi connectivity index (χ2n) is 6.64. The van der Waals surface area contributed by atoms with Crippen LogP contribution in [0, 0.1) is 10.1 Å². The molecular formula is C22H15N3O7. The topological polar surface area (TPSA) is 132 Å². The Morgan fingerprint density at radius 2 is 1.81 bits per heavy atom. The number of furan rings is 1. The molecule has 0 spiro atoms. The van der Waals surface area contributed by atoms with Crippen LogP contribution in [0.15, 0.2) is 70.7 Å². The van der Waals surface area contributed by atoms with Gasteiger partial charge in [-0.15, -0.1) is 0 Å². The number of amides is 4. The molecule has 4 amide bonds. The van der Waals surface area contributed by atoms with Gasteiger partial charge in [0.15, 0.2) is 0 Å². The average Bonchev–Trinajstić information content (AvgIpc) is 3.25. The van der Waals surface area contributed by atoms with Crippen LogP contribution in [0.2, 0.25) is 0 Å². The lowest BCUT2D eigenvalue weighted by molar-refractivity contribution is -0.384. The smallest absolute Gasteiger partial charge is 0.335 e. The van der Waals surface area contributed by atoms with Crippen molar-refractivity contribution in [2.45, 2.75) is 0 Å². The highest BCUT2D eigenvalue weighted by Gasteiger charge is 2.37. The molecule has 0 saturated carbocycles. The summed E-state index contributed by atoms with van der Waals surface area (Å²) in [4.78, 5) is 48.7. The number of urea groups is 1. The number of para-hydroxylation sites is 1. The Bertz CT molecular complexity index is 1280. The summed E-state index contributed by atoms with van der Waals surface area (Å²) in [5.74, 6) is -0.946. The highest BCUT2D eigenvalue weighted by atomic mass is 16.6. The number of nitro benzene ring substituents is 1. The van der Waals surface area contributed by atoms with Gasteiger partial charge in [-0.2, -0.15) is 0 Å². The Morgan fingerprint density at radius 1 is 1.06 bits per heavy atom. The number of anilines is 1. The Labute approximate surface area is 180 Å². The molecule has 4 rings (SSSR count). The second-order valence-corrected chi connectivity index (χ2v) is 6.64. The van der Waals surface area contributed by atoms with Crippen LogP contribution in [0.1, 0.15) is 5.76 Å². The summed E-state index contributed by atoms with van der Waals surface area (Å²) in [6.07, 6.45) is 1.22. The van der Waals surface area contributed by atoms with Gasteiger partial charge in [0.25, 0.3) is 17.5 Å². The quantitative estimate of drug-likeness (QED) is 0.282. The Hall–Kier alpha value is -4.73. The highest BCUT2D eigenvalue weighted by molar-refractivity contribution is 6.39. The van der Waals surface area contributed by atoms with E-state index < -0.39 is 22.8 Å². The van der Waals surface area contributed by atoms with Crippen LogP contribution in [-0.4, -0.2) is 29.9 Å². The maximum Gasteiger partial charge on any atom is 0.335 e. The Balaban J connectivity index is 1.68. The summed E-state index contributed by atoms with van der Waals surface area (Å²) in [7, 11) is 1.37. The van der Waals surface area contributed by atoms with E-state index in [2.05, 4.69) is 5.32 Å². The first-order chi connectivity index (χ1) is 15.4. The van der Waals surface area contributed by atoms with E-state index in [-0.39, 0.29) is 22.8 Å². The SMILES string of the molecule is COc1cc([N+](=O)[O-])ccc1-c1ccc(C=C2C(=O)NC(=O)N(c3ccccc3)C2=O)o1. The lowest BCUT2D eigenvalue weighted by Crippen LogP contribution is -2.54. The number of carbonyl (C=O) groups is 3. The lowest BCUT2D eigenvalue weighted by atomic mass is 10.1. The van der Waals surface area contributed by atoms with Crippen LogP contribution >= 0.6 is 0 Å². The zero-order chi connectivity index (χ0) is 22.8. The van der Waals surface area contributed by atoms with Gasteiger partial charge in [0.2, 0.25) is 0 Å². The molecule has 0 bridgehead atoms. The highest BCUT2D eigenvalue weighted by Crippen LogP contribution is 2.34. The zero-order valence-corrected chi connectivity index (χ0v) is 16.6. The van der Waals surface area contributed by atoms with Crippen molar-refractivity contribution in [2.24, 2.45) is 0 Å². The number of rotatable bonds is 5. The van der Waals surface area contributed by atoms with E-state index in [1.165, 1.54) is 37.5 Å². The summed E-state index contributed by atoms with van der Waals surface area (Å²) in [5, 5.41) is 13.1. The molecule has 1 fully saturated rings. The fourth-order valence-corrected chi connectivity index (χ4v) is 3.18. The number of nitrogens with one attached hydrogen (secondary N) is 1. The lowest BCUT2D eigenvalue weighted by Gasteiger charge is -2.26. The van der Waals surface area contributed by atoms with E-state index in [4.69, 9.17) is 9.15 Å². The third-order valence-electron chi connectivity index (χ3n) is 4.69. The molecule has 2 heterocycles. The Morgan fingerprint density at radius 3 is 2.50 bits per heavy atom. The maximum atomic E-state index is 12.9. The van der Waals surface area contributed by atoms with E-state index in [0.29, 0.717) is 17.0 Å². The maximum absolute atomic E-state index is 12.9. The van der Waals surface area contributed by atoms with E-state index in [9.17, 15) is 24.5 Å². The van der Waals surface area contributed by atoms with Crippen LogP contribution in [0.25, 0.3) is 17.4 Å². The van der Waals surface area contributed by atoms with Crippen LogP contribution in [0.4, 0.5) is 16.2 Å². The number of non-ortho nitro benzene ring substituents is 1. The molecular weight excluding hydrogens is 418 g/mol. The fourth-order valence-electron chi connectivity index (χ4n) is 3.18. The molecule has 0 radical (unpaired) electrons. The first kappa shape index (κ1) is 20.5. The first-order valence-corrected chi connectivity index (χ1v) is 9.28. The molecule has 1 N–H and O–H groups in total. The first-order valence-electron chi connectivity index (χ1n) is 9.28. The van der Waals surface area contributed by atoms with E-state index >= 15 is 0 Å². The van der Waals surface area contributed by atoms with Gasteiger partial charge in [-0.25, -0.2) is 9.69 Å². The van der Waals surface area contributed by atoms with Gasteiger partial charge in [-0.05, 0) is 36.4 Å². The van der Waals surface area contributed by atoms with Crippen molar-refractivity contribution in [3.8, 4) is 17.1 Å². The Kier molecular flexibility index (Phi) is 5.25. The van der Waals surface area contributed by atoms with E-state index in [1.807, 2.05) is 0 Å². The van der Waals surface area contributed by atoms with Crippen LogP contribution < -0.4 is 15.0 Å². The van der Waals surface area contributed by atoms with E-state index in [0.717, 1.165) is 4.90 Å². The van der Waals surface area contributed by atoms with Gasteiger partial charge in [0.1, 0.15) is 22.8 Å². The summed E-state index contributed by atoms with van der Waals surface area (Å²) < 4.78 is 10.9. The third kappa shape index (κ3) is 3.72. The molecule has 0 aliphatic carbocycles. The second kappa shape index (κ2) is 8.19. The van der Waals surface area contributed by atoms with Crippen molar-refractivity contribution in [1.29, 1.82) is 0 Å². The third-order valence-corrected chi connectivity index (χ3v) is 4.69. The number of methoxy groups -OCH3 is 1. The van der Waals surface area contributed by atoms with Crippen molar-refractivity contribution in [3.05, 3.63) is 82.1 Å². The number of hydrogen-bond donors (Lipinski definition) is 1. The minimum absolute atomic E-state index is 0.144. The normalized spacial score (nSPS) is 15.1. The van der Waals surface area contributed by atoms with E-state index in [1.54, 1.807) is 36.4 Å². The van der Waals surface area contributed by atoms with Gasteiger partial charge in [-0.1, -0.05) is 18.2 Å². The molecule has 3 aromatic rings. The minimum Gasteiger partial charge on any atom is -0.496 e. The van der Waals surface area contributed by atoms with Gasteiger partial charge >= 0.3 is 6.03 Å². The van der Waals surface area contributed by atoms with Crippen molar-refractivity contribution < 1.29 is 28.5 Å². The largest absolute Gasteiger partial charge is 0.496 e. The summed E-state index contributed by atoms with van der Waals surface area (Å²) >= 11 is 0. The van der Waals surface area contributed by atoms with Gasteiger partial charge in [-0.3, -0.25) is 25.0 Å². The predicted molar refractivity (Wildman–Crippen MR) is 113 cm³/mol. The van der Waals surface area contributed by atoms with Crippen LogP contribution in [0.5, 0.6) is 5.75 Å². The molecule has 160 valence electrons. The number of carbonyl (C=O) groups excluding carboxylic acids is 3. The molecule has 0 atom stereocenters. The molecule has 2 aromatic carbocycles. The van der Waals surface area contributed by atoms with Crippen molar-refractivity contribution in [3.63, 3.8) is 0 Å². The number of benzene rings is 2. The van der Waals surface area contributed by atoms with Crippen molar-refractivity contribution in [2.75, 3.05) is 12.0 Å². The number of imide groups is 2. The van der Waals surface area contributed by atoms with Gasteiger partial charge in [0.05, 0.1) is 29.4 Å². The molecule has 1 aromatic heterocycles. The summed E-state index contributed by atoms with van der Waals surface area (Å²) in [6.45, 7) is 0. The molecule has 1 aliphatic rings. The predicted octanol–water partition coefficient (Wildman–Crippen LogP) is 3.53. The number of nitro groups is 1. The van der Waals surface area contributed by atoms with Crippen molar-refractivity contribution >= 4 is 35.3 Å². The average molecular weight is 433 g/mol. The number of hydrogen-bond acceptors (Lipinski definition) is 7. The molecule has 1 aliphatic heterocycles. The standard InChI is InChI=1S/C22H15N3O7/c1-31-19-11-14(25(29)30)7-9-16(19)18-10-8-15(32-18)12-17-20(26)23-22(28)24(21(17)27)13-5-3-2-4-6-13/h2-12H,1H3,(H,23,26,28). The van der Waals surface area contributed by atoms with Crippen molar-refractivity contribution in [1.82, 2.24) is 5.32 Å².